The van der Waals surface area contributed by atoms with E-state index in [1.54, 1.807) is 6.07 Å². The van der Waals surface area contributed by atoms with Gasteiger partial charge >= 0.3 is 0 Å². The van der Waals surface area contributed by atoms with Gasteiger partial charge in [-0.2, -0.15) is 0 Å². The number of nitrogens with one attached hydrogen (secondary N) is 1. The van der Waals surface area contributed by atoms with Gasteiger partial charge in [-0.1, -0.05) is 36.4 Å². The third kappa shape index (κ3) is 2.81. The van der Waals surface area contributed by atoms with E-state index in [1.807, 2.05) is 38.1 Å². The Bertz CT molecular complexity index is 1080. The third-order valence-electron chi connectivity index (χ3n) is 5.00. The molecule has 1 aliphatic carbocycles. The van der Waals surface area contributed by atoms with Crippen molar-refractivity contribution in [3.05, 3.63) is 70.8 Å². The van der Waals surface area contributed by atoms with Crippen LogP contribution in [0.25, 0.3) is 10.8 Å². The molecule has 0 fully saturated rings. The monoisotopic (exact) mass is 351 g/mol. The van der Waals surface area contributed by atoms with Crippen molar-refractivity contribution in [1.82, 2.24) is 0 Å². The van der Waals surface area contributed by atoms with Crippen LogP contribution in [0, 0.1) is 13.8 Å². The first-order valence-electron chi connectivity index (χ1n) is 8.59. The second-order valence-electron chi connectivity index (χ2n) is 6.83. The Morgan fingerprint density at radius 2 is 1.80 bits per heavy atom. The molecule has 0 radical (unpaired) electrons. The SMILES string of the molecule is Cc1ccc(C)c(NS(=O)(=O)c2ccc3cccc4c3c2CCC4)c1. The van der Waals surface area contributed by atoms with Crippen molar-refractivity contribution < 1.29 is 8.42 Å². The molecule has 0 atom stereocenters. The molecule has 1 aliphatic rings. The van der Waals surface area contributed by atoms with Crippen molar-refractivity contribution in [3.8, 4) is 0 Å². The summed E-state index contributed by atoms with van der Waals surface area (Å²) in [5.41, 5.74) is 4.81. The minimum absolute atomic E-state index is 0.410. The predicted molar refractivity (Wildman–Crippen MR) is 103 cm³/mol. The summed E-state index contributed by atoms with van der Waals surface area (Å²) in [4.78, 5) is 0.410. The molecular formula is C21H21NO2S. The zero-order valence-corrected chi connectivity index (χ0v) is 15.3. The minimum Gasteiger partial charge on any atom is -0.279 e. The van der Waals surface area contributed by atoms with E-state index in [4.69, 9.17) is 0 Å². The van der Waals surface area contributed by atoms with Gasteiger partial charge in [0.15, 0.2) is 0 Å². The molecule has 0 aromatic heterocycles. The second-order valence-corrected chi connectivity index (χ2v) is 8.49. The van der Waals surface area contributed by atoms with Crippen LogP contribution in [0.3, 0.4) is 0 Å². The summed E-state index contributed by atoms with van der Waals surface area (Å²) in [6.45, 7) is 3.88. The smallest absolute Gasteiger partial charge is 0.262 e. The lowest BCUT2D eigenvalue weighted by molar-refractivity contribution is 0.599. The normalized spacial score (nSPS) is 13.8. The molecule has 0 unspecified atom stereocenters. The molecule has 0 saturated heterocycles. The third-order valence-corrected chi connectivity index (χ3v) is 6.45. The van der Waals surface area contributed by atoms with E-state index in [2.05, 4.69) is 22.9 Å². The van der Waals surface area contributed by atoms with Crippen LogP contribution in [0.2, 0.25) is 0 Å². The lowest BCUT2D eigenvalue weighted by Gasteiger charge is -2.21. The van der Waals surface area contributed by atoms with Gasteiger partial charge in [0.05, 0.1) is 10.6 Å². The van der Waals surface area contributed by atoms with Crippen LogP contribution >= 0.6 is 0 Å². The summed E-state index contributed by atoms with van der Waals surface area (Å²) >= 11 is 0. The van der Waals surface area contributed by atoms with E-state index in [-0.39, 0.29) is 0 Å². The molecule has 25 heavy (non-hydrogen) atoms. The van der Waals surface area contributed by atoms with Crippen molar-refractivity contribution in [2.24, 2.45) is 0 Å². The van der Waals surface area contributed by atoms with Gasteiger partial charge in [0.1, 0.15) is 0 Å². The molecule has 1 N–H and O–H groups in total. The van der Waals surface area contributed by atoms with Crippen molar-refractivity contribution in [2.45, 2.75) is 38.0 Å². The van der Waals surface area contributed by atoms with Crippen LogP contribution in [0.5, 0.6) is 0 Å². The summed E-state index contributed by atoms with van der Waals surface area (Å²) in [7, 11) is -3.62. The van der Waals surface area contributed by atoms with E-state index < -0.39 is 10.0 Å². The highest BCUT2D eigenvalue weighted by Crippen LogP contribution is 2.35. The molecule has 4 heteroatoms. The number of benzene rings is 3. The van der Waals surface area contributed by atoms with E-state index in [0.29, 0.717) is 10.6 Å². The maximum absolute atomic E-state index is 13.1. The van der Waals surface area contributed by atoms with Gasteiger partial charge in [-0.3, -0.25) is 4.72 Å². The maximum Gasteiger partial charge on any atom is 0.262 e. The molecule has 0 aliphatic heterocycles. The largest absolute Gasteiger partial charge is 0.279 e. The van der Waals surface area contributed by atoms with Crippen LogP contribution in [0.15, 0.2) is 53.4 Å². The number of sulfonamides is 1. The fraction of sp³-hybridized carbons (Fsp3) is 0.238. The zero-order chi connectivity index (χ0) is 17.6. The van der Waals surface area contributed by atoms with Gasteiger partial charge in [0, 0.05) is 0 Å². The number of anilines is 1. The fourth-order valence-electron chi connectivity index (χ4n) is 3.73. The quantitative estimate of drug-likeness (QED) is 0.740. The first kappa shape index (κ1) is 16.2. The Morgan fingerprint density at radius 1 is 0.960 bits per heavy atom. The second kappa shape index (κ2) is 5.88. The summed E-state index contributed by atoms with van der Waals surface area (Å²) < 4.78 is 29.0. The van der Waals surface area contributed by atoms with Gasteiger partial charge in [-0.25, -0.2) is 8.42 Å². The number of hydrogen-bond acceptors (Lipinski definition) is 2. The topological polar surface area (TPSA) is 46.2 Å². The first-order valence-corrected chi connectivity index (χ1v) is 10.1. The van der Waals surface area contributed by atoms with E-state index in [9.17, 15) is 8.42 Å². The maximum atomic E-state index is 13.1. The van der Waals surface area contributed by atoms with Crippen LogP contribution in [0.4, 0.5) is 5.69 Å². The molecule has 128 valence electrons. The molecule has 3 nitrogen and oxygen atoms in total. The number of hydrogen-bond donors (Lipinski definition) is 1. The van der Waals surface area contributed by atoms with Crippen molar-refractivity contribution >= 4 is 26.5 Å². The summed E-state index contributed by atoms with van der Waals surface area (Å²) in [6, 6.07) is 15.7. The van der Waals surface area contributed by atoms with E-state index in [1.165, 1.54) is 5.56 Å². The lowest BCUT2D eigenvalue weighted by Crippen LogP contribution is -2.17. The fourth-order valence-corrected chi connectivity index (χ4v) is 5.12. The summed E-state index contributed by atoms with van der Waals surface area (Å²) in [5.74, 6) is 0. The van der Waals surface area contributed by atoms with Crippen molar-refractivity contribution in [2.75, 3.05) is 4.72 Å². The van der Waals surface area contributed by atoms with Crippen LogP contribution in [-0.4, -0.2) is 8.42 Å². The minimum atomic E-state index is -3.62. The van der Waals surface area contributed by atoms with E-state index in [0.717, 1.165) is 46.7 Å². The Labute approximate surface area is 148 Å². The van der Waals surface area contributed by atoms with Gasteiger partial charge in [0.25, 0.3) is 10.0 Å². The van der Waals surface area contributed by atoms with Crippen LogP contribution in [0.1, 0.15) is 28.7 Å². The van der Waals surface area contributed by atoms with Crippen molar-refractivity contribution in [1.29, 1.82) is 0 Å². The standard InChI is InChI=1S/C21H21NO2S/c1-14-9-10-15(2)19(13-14)22-25(23,24)20-12-11-17-6-3-5-16-7-4-8-18(20)21(16)17/h3,5-6,9-13,22H,4,7-8H2,1-2H3. The molecule has 0 bridgehead atoms. The molecule has 4 rings (SSSR count). The van der Waals surface area contributed by atoms with Crippen LogP contribution < -0.4 is 4.72 Å². The number of aryl methyl sites for hydroxylation is 4. The molecule has 3 aromatic rings. The van der Waals surface area contributed by atoms with Crippen LogP contribution in [-0.2, 0) is 22.9 Å². The molecule has 3 aromatic carbocycles. The highest BCUT2D eigenvalue weighted by Gasteiger charge is 2.24. The lowest BCUT2D eigenvalue weighted by atomic mass is 9.89. The Hall–Kier alpha value is -2.33. The zero-order valence-electron chi connectivity index (χ0n) is 14.5. The van der Waals surface area contributed by atoms with Crippen molar-refractivity contribution in [3.63, 3.8) is 0 Å². The van der Waals surface area contributed by atoms with Gasteiger partial charge < -0.3 is 0 Å². The highest BCUT2D eigenvalue weighted by atomic mass is 32.2. The average Bonchev–Trinajstić information content (AvgIpc) is 2.58. The van der Waals surface area contributed by atoms with E-state index >= 15 is 0 Å². The molecular weight excluding hydrogens is 330 g/mol. The first-order chi connectivity index (χ1) is 12.0. The van der Waals surface area contributed by atoms with Gasteiger partial charge in [-0.05, 0) is 78.3 Å². The molecule has 0 heterocycles. The van der Waals surface area contributed by atoms with Gasteiger partial charge in [0.2, 0.25) is 0 Å². The highest BCUT2D eigenvalue weighted by molar-refractivity contribution is 7.92. The number of rotatable bonds is 3. The Morgan fingerprint density at radius 3 is 2.64 bits per heavy atom. The Kier molecular flexibility index (Phi) is 3.80. The molecule has 0 amide bonds. The molecule has 0 saturated carbocycles. The summed E-state index contributed by atoms with van der Waals surface area (Å²) in [6.07, 6.45) is 2.80. The van der Waals surface area contributed by atoms with Gasteiger partial charge in [-0.15, -0.1) is 0 Å². The summed E-state index contributed by atoms with van der Waals surface area (Å²) in [5, 5.41) is 2.25. The average molecular weight is 351 g/mol. The molecule has 0 spiro atoms. The predicted octanol–water partition coefficient (Wildman–Crippen LogP) is 4.75. The Balaban J connectivity index is 1.86.